The normalized spacial score (nSPS) is 13.5. The fourth-order valence-corrected chi connectivity index (χ4v) is 1.35. The predicted molar refractivity (Wildman–Crippen MR) is 72.8 cm³/mol. The van der Waals surface area contributed by atoms with Crippen molar-refractivity contribution in [1.82, 2.24) is 4.98 Å². The number of nitrogens with zero attached hydrogens (tertiary/aromatic N) is 1. The summed E-state index contributed by atoms with van der Waals surface area (Å²) in [5.41, 5.74) is 0. The van der Waals surface area contributed by atoms with Crippen LogP contribution in [0.25, 0.3) is 0 Å². The molecule has 2 atom stereocenters. The third kappa shape index (κ3) is 9.43. The average molecular weight is 277 g/mol. The highest BCUT2D eigenvalue weighted by atomic mass is 33.1. The number of aromatic nitrogens is 1. The van der Waals surface area contributed by atoms with Crippen LogP contribution in [0.4, 0.5) is 0 Å². The summed E-state index contributed by atoms with van der Waals surface area (Å²) in [7, 11) is 1.35. The van der Waals surface area contributed by atoms with Gasteiger partial charge in [-0.25, -0.2) is 4.98 Å². The zero-order valence-electron chi connectivity index (χ0n) is 9.98. The van der Waals surface area contributed by atoms with E-state index >= 15 is 0 Å². The van der Waals surface area contributed by atoms with E-state index in [2.05, 4.69) is 21.4 Å². The lowest BCUT2D eigenvalue weighted by Gasteiger charge is -2.13. The Morgan fingerprint density at radius 2 is 1.88 bits per heavy atom. The number of aliphatic hydroxyl groups excluding tert-OH is 2. The molecule has 1 aromatic heterocycles. The van der Waals surface area contributed by atoms with Crippen molar-refractivity contribution in [3.8, 4) is 0 Å². The van der Waals surface area contributed by atoms with E-state index in [1.54, 1.807) is 20.0 Å². The molecule has 1 aromatic rings. The fraction of sp³-hybridized carbons (Fsp3) is 0.545. The fourth-order valence-electron chi connectivity index (χ4n) is 0.775. The molecule has 2 N–H and O–H groups in total. The van der Waals surface area contributed by atoms with Crippen molar-refractivity contribution in [3.63, 3.8) is 0 Å². The molecule has 0 fully saturated rings. The molecule has 0 aliphatic carbocycles. The van der Waals surface area contributed by atoms with Gasteiger partial charge in [-0.15, -0.1) is 11.7 Å². The summed E-state index contributed by atoms with van der Waals surface area (Å²) in [5, 5.41) is 18.5. The van der Waals surface area contributed by atoms with Crippen LogP contribution in [0.2, 0.25) is 0 Å². The molecular weight excluding hydrogens is 258 g/mol. The van der Waals surface area contributed by atoms with Gasteiger partial charge in [-0.05, 0) is 35.8 Å². The van der Waals surface area contributed by atoms with Crippen LogP contribution in [-0.2, 0) is 4.74 Å². The number of rotatable bonds is 5. The Hall–Kier alpha value is -0.270. The van der Waals surface area contributed by atoms with Gasteiger partial charge < -0.3 is 14.9 Å². The van der Waals surface area contributed by atoms with Gasteiger partial charge in [0.25, 0.3) is 0 Å². The lowest BCUT2D eigenvalue weighted by molar-refractivity contribution is -0.208. The van der Waals surface area contributed by atoms with Gasteiger partial charge in [-0.1, -0.05) is 19.9 Å². The maximum Gasteiger partial charge on any atom is 0.157 e. The summed E-state index contributed by atoms with van der Waals surface area (Å²) in [6.45, 7) is 3.57. The molecule has 0 radical (unpaired) electrons. The highest BCUT2D eigenvalue weighted by Gasteiger charge is 2.05. The van der Waals surface area contributed by atoms with Crippen molar-refractivity contribution in [3.05, 3.63) is 24.4 Å². The Morgan fingerprint density at radius 1 is 1.29 bits per heavy atom. The second-order valence-corrected chi connectivity index (χ2v) is 4.27. The molecule has 0 aliphatic rings. The quantitative estimate of drug-likeness (QED) is 0.438. The van der Waals surface area contributed by atoms with Crippen LogP contribution in [0.5, 0.6) is 0 Å². The van der Waals surface area contributed by atoms with Gasteiger partial charge in [0, 0.05) is 6.20 Å². The van der Waals surface area contributed by atoms with Gasteiger partial charge >= 0.3 is 0 Å². The van der Waals surface area contributed by atoms with Crippen LogP contribution in [0.15, 0.2) is 29.4 Å². The summed E-state index contributed by atoms with van der Waals surface area (Å²) in [6.07, 6.45) is 1.13. The van der Waals surface area contributed by atoms with Gasteiger partial charge in [0.1, 0.15) is 5.03 Å². The molecule has 6 heteroatoms. The molecule has 1 heterocycles. The third-order valence-electron chi connectivity index (χ3n) is 1.74. The SMILES string of the molecule is CCC(O)OC(O)CC.SSc1ccccn1. The molecule has 2 unspecified atom stereocenters. The summed E-state index contributed by atoms with van der Waals surface area (Å²) < 4.78 is 4.66. The summed E-state index contributed by atoms with van der Waals surface area (Å²) in [6, 6.07) is 5.73. The van der Waals surface area contributed by atoms with Crippen molar-refractivity contribution in [2.45, 2.75) is 44.3 Å². The van der Waals surface area contributed by atoms with Gasteiger partial charge in [0.2, 0.25) is 0 Å². The highest BCUT2D eigenvalue weighted by Crippen LogP contribution is 2.16. The first-order valence-corrected chi connectivity index (χ1v) is 7.24. The molecule has 17 heavy (non-hydrogen) atoms. The number of hydrogen-bond donors (Lipinski definition) is 3. The smallest absolute Gasteiger partial charge is 0.157 e. The maximum atomic E-state index is 8.78. The van der Waals surface area contributed by atoms with E-state index in [1.807, 2.05) is 18.2 Å². The first kappa shape index (κ1) is 16.7. The van der Waals surface area contributed by atoms with E-state index in [4.69, 9.17) is 10.2 Å². The molecule has 0 saturated heterocycles. The van der Waals surface area contributed by atoms with Gasteiger partial charge in [0.15, 0.2) is 12.6 Å². The lowest BCUT2D eigenvalue weighted by atomic mass is 10.4. The molecule has 0 saturated carbocycles. The van der Waals surface area contributed by atoms with E-state index in [-0.39, 0.29) is 0 Å². The lowest BCUT2D eigenvalue weighted by Crippen LogP contribution is -2.19. The standard InChI is InChI=1S/C6H14O3.C5H5NS2/c1-3-5(7)9-6(8)4-2;7-8-5-3-1-2-4-6-5/h5-8H,3-4H2,1-2H3;1-4,7H. The first-order valence-electron chi connectivity index (χ1n) is 5.38. The molecule has 0 amide bonds. The molecule has 0 aromatic carbocycles. The van der Waals surface area contributed by atoms with Crippen molar-refractivity contribution in [1.29, 1.82) is 0 Å². The van der Waals surface area contributed by atoms with Crippen LogP contribution in [0, 0.1) is 0 Å². The maximum absolute atomic E-state index is 8.78. The minimum absolute atomic E-state index is 0.511. The van der Waals surface area contributed by atoms with E-state index in [9.17, 15) is 0 Å². The molecule has 0 spiro atoms. The Morgan fingerprint density at radius 3 is 2.18 bits per heavy atom. The first-order chi connectivity index (χ1) is 8.13. The molecule has 0 bridgehead atoms. The number of pyridine rings is 1. The van der Waals surface area contributed by atoms with Crippen molar-refractivity contribution < 1.29 is 14.9 Å². The minimum Gasteiger partial charge on any atom is -0.368 e. The largest absolute Gasteiger partial charge is 0.368 e. The van der Waals surface area contributed by atoms with E-state index in [0.29, 0.717) is 12.8 Å². The summed E-state index contributed by atoms with van der Waals surface area (Å²) >= 11 is 3.96. The predicted octanol–water partition coefficient (Wildman–Crippen LogP) is 2.48. The Labute approximate surface area is 111 Å². The minimum atomic E-state index is -0.819. The number of thiol groups is 1. The molecular formula is C11H19NO3S2. The van der Waals surface area contributed by atoms with Crippen LogP contribution >= 0.6 is 22.5 Å². The van der Waals surface area contributed by atoms with E-state index in [1.165, 1.54) is 10.8 Å². The van der Waals surface area contributed by atoms with E-state index in [0.717, 1.165) is 5.03 Å². The van der Waals surface area contributed by atoms with Gasteiger partial charge in [-0.3, -0.25) is 0 Å². The molecule has 1 rings (SSSR count). The van der Waals surface area contributed by atoms with Gasteiger partial charge in [-0.2, -0.15) is 0 Å². The number of hydrogen-bond acceptors (Lipinski definition) is 6. The van der Waals surface area contributed by atoms with Crippen molar-refractivity contribution >= 4 is 22.5 Å². The number of ether oxygens (including phenoxy) is 1. The van der Waals surface area contributed by atoms with Crippen LogP contribution in [0.3, 0.4) is 0 Å². The second kappa shape index (κ2) is 10.9. The Kier molecular flexibility index (Phi) is 10.7. The van der Waals surface area contributed by atoms with E-state index < -0.39 is 12.6 Å². The van der Waals surface area contributed by atoms with Crippen LogP contribution in [0.1, 0.15) is 26.7 Å². The summed E-state index contributed by atoms with van der Waals surface area (Å²) in [4.78, 5) is 3.98. The molecule has 98 valence electrons. The highest BCUT2D eigenvalue weighted by molar-refractivity contribution is 8.68. The van der Waals surface area contributed by atoms with Crippen LogP contribution in [-0.4, -0.2) is 27.8 Å². The zero-order chi connectivity index (χ0) is 13.1. The molecule has 0 aliphatic heterocycles. The average Bonchev–Trinajstić information content (AvgIpc) is 2.40. The third-order valence-corrected chi connectivity index (χ3v) is 2.73. The summed E-state index contributed by atoms with van der Waals surface area (Å²) in [5.74, 6) is 0. The monoisotopic (exact) mass is 277 g/mol. The van der Waals surface area contributed by atoms with Crippen molar-refractivity contribution in [2.75, 3.05) is 0 Å². The van der Waals surface area contributed by atoms with Crippen molar-refractivity contribution in [2.24, 2.45) is 0 Å². The second-order valence-electron chi connectivity index (χ2n) is 3.12. The molecule has 4 nitrogen and oxygen atoms in total. The zero-order valence-corrected chi connectivity index (χ0v) is 11.7. The Bertz CT molecular complexity index is 267. The Balaban J connectivity index is 0.000000302. The van der Waals surface area contributed by atoms with Gasteiger partial charge in [0.05, 0.1) is 0 Å². The number of aliphatic hydroxyl groups is 2. The van der Waals surface area contributed by atoms with Crippen LogP contribution < -0.4 is 0 Å². The topological polar surface area (TPSA) is 62.6 Å².